The summed E-state index contributed by atoms with van der Waals surface area (Å²) in [6.45, 7) is 6.16. The standard InChI is InChI=1S/C16H21BrN2O3/c1-16(2,3)22-15(21)18-12-7-11(10-17)8-13(9-12)19-6-4-5-14(19)20/h7-9H,4-6,10H2,1-3H3,(H,18,21). The van der Waals surface area contributed by atoms with E-state index in [-0.39, 0.29) is 5.91 Å². The zero-order valence-electron chi connectivity index (χ0n) is 13.1. The number of hydrogen-bond donors (Lipinski definition) is 1. The van der Waals surface area contributed by atoms with E-state index in [1.165, 1.54) is 0 Å². The second-order valence-electron chi connectivity index (χ2n) is 6.30. The van der Waals surface area contributed by atoms with Crippen LogP contribution in [-0.2, 0) is 14.9 Å². The van der Waals surface area contributed by atoms with E-state index >= 15 is 0 Å². The molecule has 120 valence electrons. The van der Waals surface area contributed by atoms with Crippen molar-refractivity contribution in [1.82, 2.24) is 0 Å². The van der Waals surface area contributed by atoms with E-state index in [0.29, 0.717) is 17.4 Å². The fraction of sp³-hybridized carbons (Fsp3) is 0.500. The number of hydrogen-bond acceptors (Lipinski definition) is 3. The molecule has 6 heteroatoms. The van der Waals surface area contributed by atoms with Crippen LogP contribution in [0.2, 0.25) is 0 Å². The monoisotopic (exact) mass is 368 g/mol. The first-order valence-corrected chi connectivity index (χ1v) is 8.41. The Morgan fingerprint density at radius 1 is 1.36 bits per heavy atom. The normalized spacial score (nSPS) is 15.1. The smallest absolute Gasteiger partial charge is 0.412 e. The summed E-state index contributed by atoms with van der Waals surface area (Å²) in [5, 5.41) is 3.38. The van der Waals surface area contributed by atoms with Gasteiger partial charge in [0.15, 0.2) is 0 Å². The first-order chi connectivity index (χ1) is 10.3. The topological polar surface area (TPSA) is 58.6 Å². The Hall–Kier alpha value is -1.56. The van der Waals surface area contributed by atoms with Crippen molar-refractivity contribution in [2.75, 3.05) is 16.8 Å². The number of nitrogens with zero attached hydrogens (tertiary/aromatic N) is 1. The van der Waals surface area contributed by atoms with Gasteiger partial charge in [0, 0.05) is 29.7 Å². The van der Waals surface area contributed by atoms with Gasteiger partial charge in [-0.1, -0.05) is 15.9 Å². The number of halogens is 1. The summed E-state index contributed by atoms with van der Waals surface area (Å²) in [5.74, 6) is 0.120. The molecule has 0 bridgehead atoms. The SMILES string of the molecule is CC(C)(C)OC(=O)Nc1cc(CBr)cc(N2CCCC2=O)c1. The first-order valence-electron chi connectivity index (χ1n) is 7.29. The van der Waals surface area contributed by atoms with Gasteiger partial charge in [0.05, 0.1) is 0 Å². The Morgan fingerprint density at radius 2 is 2.09 bits per heavy atom. The molecule has 0 spiro atoms. The van der Waals surface area contributed by atoms with Crippen molar-refractivity contribution in [2.24, 2.45) is 0 Å². The van der Waals surface area contributed by atoms with Crippen molar-refractivity contribution < 1.29 is 14.3 Å². The van der Waals surface area contributed by atoms with Crippen LogP contribution in [-0.4, -0.2) is 24.1 Å². The van der Waals surface area contributed by atoms with E-state index in [0.717, 1.165) is 24.2 Å². The largest absolute Gasteiger partial charge is 0.444 e. The van der Waals surface area contributed by atoms with Crippen LogP contribution in [0.3, 0.4) is 0 Å². The molecular weight excluding hydrogens is 348 g/mol. The van der Waals surface area contributed by atoms with Gasteiger partial charge in [-0.25, -0.2) is 4.79 Å². The molecule has 0 radical (unpaired) electrons. The molecule has 1 aliphatic rings. The van der Waals surface area contributed by atoms with Crippen molar-refractivity contribution in [3.8, 4) is 0 Å². The van der Waals surface area contributed by atoms with E-state index in [4.69, 9.17) is 4.74 Å². The summed E-state index contributed by atoms with van der Waals surface area (Å²) in [6.07, 6.45) is 0.942. The molecule has 0 aliphatic carbocycles. The Kier molecular flexibility index (Phi) is 5.11. The number of amides is 2. The molecule has 1 N–H and O–H groups in total. The first kappa shape index (κ1) is 16.8. The van der Waals surface area contributed by atoms with Gasteiger partial charge in [-0.05, 0) is 51.0 Å². The molecule has 2 rings (SSSR count). The summed E-state index contributed by atoms with van der Waals surface area (Å²) >= 11 is 3.42. The second kappa shape index (κ2) is 6.69. The molecule has 0 atom stereocenters. The van der Waals surface area contributed by atoms with Crippen molar-refractivity contribution in [3.63, 3.8) is 0 Å². The van der Waals surface area contributed by atoms with Crippen LogP contribution < -0.4 is 10.2 Å². The summed E-state index contributed by atoms with van der Waals surface area (Å²) in [7, 11) is 0. The molecule has 0 unspecified atom stereocenters. The lowest BCUT2D eigenvalue weighted by molar-refractivity contribution is -0.117. The highest BCUT2D eigenvalue weighted by Crippen LogP contribution is 2.27. The molecule has 22 heavy (non-hydrogen) atoms. The van der Waals surface area contributed by atoms with Crippen LogP contribution >= 0.6 is 15.9 Å². The highest BCUT2D eigenvalue weighted by Gasteiger charge is 2.23. The molecule has 1 aromatic rings. The van der Waals surface area contributed by atoms with Gasteiger partial charge in [0.1, 0.15) is 5.60 Å². The predicted octanol–water partition coefficient (Wildman–Crippen LogP) is 4.06. The number of ether oxygens (including phenoxy) is 1. The molecule has 1 fully saturated rings. The maximum atomic E-state index is 11.9. The minimum Gasteiger partial charge on any atom is -0.444 e. The predicted molar refractivity (Wildman–Crippen MR) is 90.5 cm³/mol. The van der Waals surface area contributed by atoms with Crippen molar-refractivity contribution in [1.29, 1.82) is 0 Å². The molecule has 0 aromatic heterocycles. The number of carbonyl (C=O) groups excluding carboxylic acids is 2. The second-order valence-corrected chi connectivity index (χ2v) is 6.86. The van der Waals surface area contributed by atoms with Crippen LogP contribution in [0.1, 0.15) is 39.2 Å². The quantitative estimate of drug-likeness (QED) is 0.818. The Bertz CT molecular complexity index is 581. The highest BCUT2D eigenvalue weighted by molar-refractivity contribution is 9.08. The van der Waals surface area contributed by atoms with E-state index in [9.17, 15) is 9.59 Å². The van der Waals surface area contributed by atoms with Gasteiger partial charge in [0.25, 0.3) is 0 Å². The van der Waals surface area contributed by atoms with Gasteiger partial charge >= 0.3 is 6.09 Å². The molecule has 1 heterocycles. The third-order valence-electron chi connectivity index (χ3n) is 3.16. The zero-order chi connectivity index (χ0) is 16.3. The lowest BCUT2D eigenvalue weighted by Gasteiger charge is -2.21. The maximum absolute atomic E-state index is 11.9. The van der Waals surface area contributed by atoms with Crippen LogP contribution in [0.4, 0.5) is 16.2 Å². The summed E-state index contributed by atoms with van der Waals surface area (Å²) in [6, 6.07) is 5.63. The molecule has 1 saturated heterocycles. The van der Waals surface area contributed by atoms with Crippen molar-refractivity contribution in [3.05, 3.63) is 23.8 Å². The minimum absolute atomic E-state index is 0.120. The van der Waals surface area contributed by atoms with Crippen LogP contribution in [0, 0.1) is 0 Å². The molecular formula is C16H21BrN2O3. The number of anilines is 2. The highest BCUT2D eigenvalue weighted by atomic mass is 79.9. The van der Waals surface area contributed by atoms with Crippen molar-refractivity contribution in [2.45, 2.75) is 44.5 Å². The van der Waals surface area contributed by atoms with E-state index < -0.39 is 11.7 Å². The third kappa shape index (κ3) is 4.47. The average molecular weight is 369 g/mol. The Labute approximate surface area is 139 Å². The number of rotatable bonds is 3. The van der Waals surface area contributed by atoms with Gasteiger partial charge in [-0.2, -0.15) is 0 Å². The number of alkyl halides is 1. The lowest BCUT2D eigenvalue weighted by Crippen LogP contribution is -2.27. The van der Waals surface area contributed by atoms with E-state index in [1.807, 2.05) is 32.9 Å². The van der Waals surface area contributed by atoms with Crippen LogP contribution in [0.15, 0.2) is 18.2 Å². The third-order valence-corrected chi connectivity index (χ3v) is 3.81. The van der Waals surface area contributed by atoms with Crippen LogP contribution in [0.5, 0.6) is 0 Å². The molecule has 0 saturated carbocycles. The molecule has 2 amide bonds. The van der Waals surface area contributed by atoms with Crippen LogP contribution in [0.25, 0.3) is 0 Å². The van der Waals surface area contributed by atoms with Crippen molar-refractivity contribution >= 4 is 39.3 Å². The van der Waals surface area contributed by atoms with E-state index in [1.54, 1.807) is 11.0 Å². The summed E-state index contributed by atoms with van der Waals surface area (Å²) < 4.78 is 5.26. The summed E-state index contributed by atoms with van der Waals surface area (Å²) in [5.41, 5.74) is 1.87. The molecule has 1 aromatic carbocycles. The van der Waals surface area contributed by atoms with E-state index in [2.05, 4.69) is 21.2 Å². The number of nitrogens with one attached hydrogen (secondary N) is 1. The maximum Gasteiger partial charge on any atom is 0.412 e. The van der Waals surface area contributed by atoms with Gasteiger partial charge in [-0.3, -0.25) is 10.1 Å². The van der Waals surface area contributed by atoms with Gasteiger partial charge in [-0.15, -0.1) is 0 Å². The number of carbonyl (C=O) groups is 2. The zero-order valence-corrected chi connectivity index (χ0v) is 14.7. The summed E-state index contributed by atoms with van der Waals surface area (Å²) in [4.78, 5) is 25.6. The fourth-order valence-corrected chi connectivity index (χ4v) is 2.65. The fourth-order valence-electron chi connectivity index (χ4n) is 2.32. The van der Waals surface area contributed by atoms with Gasteiger partial charge in [0.2, 0.25) is 5.91 Å². The molecule has 1 aliphatic heterocycles. The lowest BCUT2D eigenvalue weighted by atomic mass is 10.1. The minimum atomic E-state index is -0.551. The molecule has 5 nitrogen and oxygen atoms in total. The number of benzene rings is 1. The van der Waals surface area contributed by atoms with Gasteiger partial charge < -0.3 is 9.64 Å². The Balaban J connectivity index is 2.20. The average Bonchev–Trinajstić information content (AvgIpc) is 2.82. The Morgan fingerprint density at radius 3 is 2.64 bits per heavy atom.